The van der Waals surface area contributed by atoms with Gasteiger partial charge in [-0.2, -0.15) is 0 Å². The van der Waals surface area contributed by atoms with Crippen molar-refractivity contribution in [2.75, 3.05) is 0 Å². The van der Waals surface area contributed by atoms with Gasteiger partial charge in [-0.3, -0.25) is 10.1 Å². The molecule has 0 aliphatic heterocycles. The van der Waals surface area contributed by atoms with Gasteiger partial charge >= 0.3 is 29.6 Å². The van der Waals surface area contributed by atoms with Gasteiger partial charge in [-0.25, -0.2) is 0 Å². The summed E-state index contributed by atoms with van der Waals surface area (Å²) in [4.78, 5) is 19.7. The molecule has 0 amide bonds. The molecule has 0 aromatic heterocycles. The molecule has 0 spiro atoms. The first-order valence-electron chi connectivity index (χ1n) is 3.07. The number of nitro groups is 1. The molecule has 1 aromatic rings. The van der Waals surface area contributed by atoms with E-state index in [-0.39, 0.29) is 40.8 Å². The Morgan fingerprint density at radius 3 is 2.46 bits per heavy atom. The summed E-state index contributed by atoms with van der Waals surface area (Å²) >= 11 is 0. The van der Waals surface area contributed by atoms with Crippen molar-refractivity contribution in [3.8, 4) is 0 Å². The van der Waals surface area contributed by atoms with E-state index in [9.17, 15) is 20.0 Å². The second-order valence-electron chi connectivity index (χ2n) is 2.09. The van der Waals surface area contributed by atoms with Crippen molar-refractivity contribution in [1.29, 1.82) is 0 Å². The fraction of sp³-hybridized carbons (Fsp3) is 0. The van der Waals surface area contributed by atoms with Gasteiger partial charge in [0.05, 0.1) is 10.9 Å². The molecule has 0 N–H and O–H groups in total. The summed E-state index contributed by atoms with van der Waals surface area (Å²) < 4.78 is 0. The SMILES string of the molecule is O=C([O-])c1cccc([N+](=O)[O-])c1.[Na+]. The third kappa shape index (κ3) is 3.14. The van der Waals surface area contributed by atoms with Gasteiger partial charge in [0.1, 0.15) is 0 Å². The van der Waals surface area contributed by atoms with Gasteiger partial charge in [0.15, 0.2) is 0 Å². The maximum absolute atomic E-state index is 10.2. The number of carboxylic acids is 1. The zero-order valence-corrected chi connectivity index (χ0v) is 8.89. The van der Waals surface area contributed by atoms with Gasteiger partial charge in [0.2, 0.25) is 0 Å². The number of rotatable bonds is 2. The van der Waals surface area contributed by atoms with Gasteiger partial charge in [-0.05, 0) is 0 Å². The molecule has 0 atom stereocenters. The second-order valence-corrected chi connectivity index (χ2v) is 2.09. The summed E-state index contributed by atoms with van der Waals surface area (Å²) in [7, 11) is 0. The third-order valence-corrected chi connectivity index (χ3v) is 1.29. The maximum Gasteiger partial charge on any atom is 1.00 e. The molecular weight excluding hydrogens is 185 g/mol. The molecule has 1 aromatic carbocycles. The number of benzene rings is 1. The first-order chi connectivity index (χ1) is 5.61. The number of nitrogens with zero attached hydrogens (tertiary/aromatic N) is 1. The van der Waals surface area contributed by atoms with Crippen LogP contribution in [-0.4, -0.2) is 10.9 Å². The van der Waals surface area contributed by atoms with Crippen LogP contribution in [0, 0.1) is 10.1 Å². The van der Waals surface area contributed by atoms with E-state index in [1.54, 1.807) is 0 Å². The first kappa shape index (κ1) is 12.1. The van der Waals surface area contributed by atoms with Crippen LogP contribution in [0.3, 0.4) is 0 Å². The fourth-order valence-corrected chi connectivity index (χ4v) is 0.746. The predicted octanol–water partition coefficient (Wildman–Crippen LogP) is -3.04. The molecule has 6 heteroatoms. The fourth-order valence-electron chi connectivity index (χ4n) is 0.746. The van der Waals surface area contributed by atoms with Crippen LogP contribution in [0.4, 0.5) is 5.69 Å². The van der Waals surface area contributed by atoms with E-state index in [1.165, 1.54) is 18.2 Å². The average Bonchev–Trinajstić information content (AvgIpc) is 2.04. The molecular formula is C7H4NNaO4. The Bertz CT molecular complexity index is 310. The summed E-state index contributed by atoms with van der Waals surface area (Å²) in [5.41, 5.74) is -0.444. The summed E-state index contributed by atoms with van der Waals surface area (Å²) in [5, 5.41) is 20.4. The number of carbonyl (C=O) groups is 1. The van der Waals surface area contributed by atoms with E-state index < -0.39 is 10.9 Å². The molecule has 0 saturated carbocycles. The van der Waals surface area contributed by atoms with Gasteiger partial charge in [0, 0.05) is 17.7 Å². The van der Waals surface area contributed by atoms with Crippen LogP contribution in [0.25, 0.3) is 0 Å². The molecule has 13 heavy (non-hydrogen) atoms. The number of hydrogen-bond donors (Lipinski definition) is 0. The van der Waals surface area contributed by atoms with Crippen molar-refractivity contribution >= 4 is 11.7 Å². The Hall–Kier alpha value is -0.910. The Kier molecular flexibility index (Phi) is 4.61. The zero-order chi connectivity index (χ0) is 9.14. The van der Waals surface area contributed by atoms with Crippen LogP contribution in [0.15, 0.2) is 24.3 Å². The average molecular weight is 189 g/mol. The zero-order valence-electron chi connectivity index (χ0n) is 6.89. The predicted molar refractivity (Wildman–Crippen MR) is 37.4 cm³/mol. The number of carbonyl (C=O) groups excluding carboxylic acids is 1. The largest absolute Gasteiger partial charge is 1.00 e. The van der Waals surface area contributed by atoms with Crippen molar-refractivity contribution in [1.82, 2.24) is 0 Å². The topological polar surface area (TPSA) is 83.3 Å². The van der Waals surface area contributed by atoms with Crippen LogP contribution < -0.4 is 34.7 Å². The van der Waals surface area contributed by atoms with E-state index in [1.807, 2.05) is 0 Å². The molecule has 0 aliphatic carbocycles. The van der Waals surface area contributed by atoms with Crippen LogP contribution in [0.1, 0.15) is 10.4 Å². The Labute approximate surface area is 95.8 Å². The smallest absolute Gasteiger partial charge is 0.545 e. The minimum Gasteiger partial charge on any atom is -0.545 e. The van der Waals surface area contributed by atoms with Crippen LogP contribution >= 0.6 is 0 Å². The third-order valence-electron chi connectivity index (χ3n) is 1.29. The van der Waals surface area contributed by atoms with Crippen molar-refractivity contribution in [2.24, 2.45) is 0 Å². The van der Waals surface area contributed by atoms with Crippen LogP contribution in [0.2, 0.25) is 0 Å². The van der Waals surface area contributed by atoms with E-state index >= 15 is 0 Å². The number of aromatic carboxylic acids is 1. The molecule has 0 aliphatic rings. The number of hydrogen-bond acceptors (Lipinski definition) is 4. The second kappa shape index (κ2) is 4.96. The van der Waals surface area contributed by atoms with Crippen molar-refractivity contribution in [2.45, 2.75) is 0 Å². The van der Waals surface area contributed by atoms with Crippen LogP contribution in [-0.2, 0) is 0 Å². The first-order valence-corrected chi connectivity index (χ1v) is 3.07. The van der Waals surface area contributed by atoms with Crippen molar-refractivity contribution < 1.29 is 44.4 Å². The summed E-state index contributed by atoms with van der Waals surface area (Å²) in [6, 6.07) is 4.70. The van der Waals surface area contributed by atoms with E-state index in [0.29, 0.717) is 0 Å². The Morgan fingerprint density at radius 2 is 2.00 bits per heavy atom. The minimum atomic E-state index is -1.42. The minimum absolute atomic E-state index is 0. The maximum atomic E-state index is 10.2. The molecule has 1 rings (SSSR count). The number of nitro benzene ring substituents is 1. The van der Waals surface area contributed by atoms with Gasteiger partial charge in [-0.1, -0.05) is 12.1 Å². The number of carboxylic acid groups (broad SMARTS) is 1. The summed E-state index contributed by atoms with van der Waals surface area (Å²) in [5.74, 6) is -1.42. The Balaban J connectivity index is 0.00000144. The molecule has 0 unspecified atom stereocenters. The molecule has 62 valence electrons. The molecule has 0 radical (unpaired) electrons. The summed E-state index contributed by atoms with van der Waals surface area (Å²) in [6.07, 6.45) is 0. The monoisotopic (exact) mass is 189 g/mol. The molecule has 0 heterocycles. The quantitative estimate of drug-likeness (QED) is 0.281. The molecule has 0 saturated heterocycles. The van der Waals surface area contributed by atoms with Crippen molar-refractivity contribution in [3.05, 3.63) is 39.9 Å². The number of non-ortho nitro benzene ring substituents is 1. The normalized spacial score (nSPS) is 8.62. The molecule has 5 nitrogen and oxygen atoms in total. The van der Waals surface area contributed by atoms with E-state index in [0.717, 1.165) is 6.07 Å². The van der Waals surface area contributed by atoms with E-state index in [2.05, 4.69) is 0 Å². The standard InChI is InChI=1S/C7H5NO4.Na/c9-7(10)5-2-1-3-6(4-5)8(11)12;/h1-4H,(H,9,10);/q;+1/p-1. The van der Waals surface area contributed by atoms with Gasteiger partial charge in [-0.15, -0.1) is 0 Å². The summed E-state index contributed by atoms with van der Waals surface area (Å²) in [6.45, 7) is 0. The van der Waals surface area contributed by atoms with E-state index in [4.69, 9.17) is 0 Å². The van der Waals surface area contributed by atoms with Crippen molar-refractivity contribution in [3.63, 3.8) is 0 Å². The Morgan fingerprint density at radius 1 is 1.38 bits per heavy atom. The van der Waals surface area contributed by atoms with Gasteiger partial charge in [0.25, 0.3) is 5.69 Å². The van der Waals surface area contributed by atoms with Crippen LogP contribution in [0.5, 0.6) is 0 Å². The van der Waals surface area contributed by atoms with Gasteiger partial charge < -0.3 is 9.90 Å². The molecule has 0 bridgehead atoms. The molecule has 0 fully saturated rings.